The van der Waals surface area contributed by atoms with E-state index in [9.17, 15) is 23.8 Å². The minimum absolute atomic E-state index is 0.0413. The number of hydrogen-bond acceptors (Lipinski definition) is 6. The van der Waals surface area contributed by atoms with Crippen molar-refractivity contribution in [3.63, 3.8) is 0 Å². The highest BCUT2D eigenvalue weighted by molar-refractivity contribution is 7.22. The third kappa shape index (κ3) is 4.13. The van der Waals surface area contributed by atoms with Gasteiger partial charge in [-0.25, -0.2) is 13.6 Å². The predicted octanol–water partition coefficient (Wildman–Crippen LogP) is 6.24. The first-order valence-corrected chi connectivity index (χ1v) is 10.2. The van der Waals surface area contributed by atoms with Gasteiger partial charge >= 0.3 is 5.97 Å². The van der Waals surface area contributed by atoms with Gasteiger partial charge in [0.1, 0.15) is 11.5 Å². The summed E-state index contributed by atoms with van der Waals surface area (Å²) < 4.78 is 39.3. The summed E-state index contributed by atoms with van der Waals surface area (Å²) in [6, 6.07) is 13.9. The molecular weight excluding hydrogens is 438 g/mol. The fraction of sp³-hybridized carbons (Fsp3) is 0.0417. The maximum Gasteiger partial charge on any atom is 0.330 e. The Balaban J connectivity index is 1.78. The number of ether oxygens (including phenoxy) is 2. The molecule has 0 fully saturated rings. The van der Waals surface area contributed by atoms with Crippen LogP contribution in [0.15, 0.2) is 60.7 Å². The highest BCUT2D eigenvalue weighted by Crippen LogP contribution is 2.49. The summed E-state index contributed by atoms with van der Waals surface area (Å²) in [6.07, 6.45) is 2.86. The zero-order valence-corrected chi connectivity index (χ0v) is 17.5. The number of rotatable bonds is 5. The quantitative estimate of drug-likeness (QED) is 0.276. The van der Waals surface area contributed by atoms with Crippen molar-refractivity contribution in [3.8, 4) is 33.4 Å². The molecule has 8 heteroatoms. The van der Waals surface area contributed by atoms with Crippen LogP contribution in [-0.4, -0.2) is 23.3 Å². The lowest BCUT2D eigenvalue weighted by Gasteiger charge is -2.09. The Hall–Kier alpha value is -3.91. The molecule has 4 aromatic rings. The summed E-state index contributed by atoms with van der Waals surface area (Å²) in [7, 11) is 1.28. The van der Waals surface area contributed by atoms with E-state index in [1.165, 1.54) is 25.3 Å². The number of halogens is 2. The van der Waals surface area contributed by atoms with Crippen LogP contribution in [0.25, 0.3) is 26.6 Å². The Kier molecular flexibility index (Phi) is 5.79. The number of thiophene rings is 1. The number of carbonyl (C=O) groups is 1. The van der Waals surface area contributed by atoms with Crippen molar-refractivity contribution in [2.45, 2.75) is 0 Å². The van der Waals surface area contributed by atoms with Crippen molar-refractivity contribution in [3.05, 3.63) is 77.9 Å². The first-order chi connectivity index (χ1) is 15.4. The molecule has 32 heavy (non-hydrogen) atoms. The normalized spacial score (nSPS) is 11.2. The van der Waals surface area contributed by atoms with Crippen molar-refractivity contribution < 1.29 is 33.3 Å². The summed E-state index contributed by atoms with van der Waals surface area (Å²) in [5, 5.41) is 19.4. The average molecular weight is 454 g/mol. The summed E-state index contributed by atoms with van der Waals surface area (Å²) >= 11 is 0.998. The first kappa shape index (κ1) is 21.3. The summed E-state index contributed by atoms with van der Waals surface area (Å²) in [6.45, 7) is 0. The minimum atomic E-state index is -1.10. The molecule has 0 spiro atoms. The van der Waals surface area contributed by atoms with Gasteiger partial charge in [-0.3, -0.25) is 0 Å². The maximum atomic E-state index is 14.6. The number of carbonyl (C=O) groups excluding carboxylic acids is 1. The molecule has 0 bridgehead atoms. The molecule has 4 rings (SSSR count). The number of fused-ring (bicyclic) bond motifs is 1. The Bertz CT molecular complexity index is 1330. The van der Waals surface area contributed by atoms with Gasteiger partial charge in [-0.1, -0.05) is 12.1 Å². The zero-order chi connectivity index (χ0) is 22.8. The molecule has 3 aromatic carbocycles. The third-order valence-electron chi connectivity index (χ3n) is 4.65. The number of hydrogen-bond donors (Lipinski definition) is 2. The number of phenolic OH excluding ortho intramolecular Hbond substituents is 2. The van der Waals surface area contributed by atoms with Crippen LogP contribution in [0.4, 0.5) is 8.78 Å². The van der Waals surface area contributed by atoms with Crippen LogP contribution in [0, 0.1) is 11.6 Å². The van der Waals surface area contributed by atoms with Crippen molar-refractivity contribution in [1.82, 2.24) is 0 Å². The van der Waals surface area contributed by atoms with E-state index in [1.54, 1.807) is 42.5 Å². The lowest BCUT2D eigenvalue weighted by Crippen LogP contribution is -1.93. The molecule has 0 unspecified atom stereocenters. The molecule has 0 amide bonds. The van der Waals surface area contributed by atoms with E-state index in [2.05, 4.69) is 4.74 Å². The molecule has 0 aliphatic heterocycles. The van der Waals surface area contributed by atoms with Gasteiger partial charge in [0.05, 0.1) is 16.7 Å². The second-order valence-electron chi connectivity index (χ2n) is 6.73. The van der Waals surface area contributed by atoms with Gasteiger partial charge in [-0.15, -0.1) is 11.3 Å². The van der Waals surface area contributed by atoms with E-state index < -0.39 is 23.4 Å². The van der Waals surface area contributed by atoms with E-state index in [0.29, 0.717) is 16.2 Å². The number of benzene rings is 3. The second kappa shape index (κ2) is 8.68. The molecule has 1 heterocycles. The summed E-state index contributed by atoms with van der Waals surface area (Å²) in [5.41, 5.74) is 1.34. The Labute approximate surface area is 185 Å². The molecule has 0 saturated carbocycles. The van der Waals surface area contributed by atoms with Crippen LogP contribution in [0.2, 0.25) is 0 Å². The van der Waals surface area contributed by atoms with Crippen molar-refractivity contribution in [1.29, 1.82) is 0 Å². The van der Waals surface area contributed by atoms with Gasteiger partial charge in [-0.2, -0.15) is 0 Å². The lowest BCUT2D eigenvalue weighted by atomic mass is 10.1. The Morgan fingerprint density at radius 3 is 2.38 bits per heavy atom. The third-order valence-corrected chi connectivity index (χ3v) is 5.88. The second-order valence-corrected chi connectivity index (χ2v) is 7.75. The van der Waals surface area contributed by atoms with Crippen molar-refractivity contribution in [2.75, 3.05) is 7.11 Å². The SMILES string of the molecule is COC(=O)C=Cc1ccc(Oc2c(-c3ccc(O)cc3)sc3c(F)c(O)c(F)cc23)cc1. The van der Waals surface area contributed by atoms with Crippen molar-refractivity contribution >= 4 is 33.5 Å². The molecular formula is C24H16F2O5S. The topological polar surface area (TPSA) is 76.0 Å². The zero-order valence-electron chi connectivity index (χ0n) is 16.6. The Morgan fingerprint density at radius 1 is 1.03 bits per heavy atom. The first-order valence-electron chi connectivity index (χ1n) is 9.34. The van der Waals surface area contributed by atoms with E-state index in [0.717, 1.165) is 23.0 Å². The molecule has 0 aliphatic carbocycles. The predicted molar refractivity (Wildman–Crippen MR) is 118 cm³/mol. The Morgan fingerprint density at radius 2 is 1.72 bits per heavy atom. The van der Waals surface area contributed by atoms with E-state index in [-0.39, 0.29) is 21.6 Å². The lowest BCUT2D eigenvalue weighted by molar-refractivity contribution is -0.134. The largest absolute Gasteiger partial charge is 0.508 e. The van der Waals surface area contributed by atoms with Crippen LogP contribution >= 0.6 is 11.3 Å². The van der Waals surface area contributed by atoms with Crippen LogP contribution < -0.4 is 4.74 Å². The van der Waals surface area contributed by atoms with Gasteiger partial charge < -0.3 is 19.7 Å². The number of esters is 1. The molecule has 0 radical (unpaired) electrons. The highest BCUT2D eigenvalue weighted by atomic mass is 32.1. The highest BCUT2D eigenvalue weighted by Gasteiger charge is 2.23. The number of aromatic hydroxyl groups is 2. The fourth-order valence-corrected chi connectivity index (χ4v) is 4.18. The standard InChI is InChI=1S/C24H16F2O5S/c1-30-19(28)11-4-13-2-9-16(10-3-13)31-22-17-12-18(25)21(29)20(26)24(17)32-23(22)14-5-7-15(27)8-6-14/h2-12,27,29H,1H3. The average Bonchev–Trinajstić information content (AvgIpc) is 3.15. The molecule has 1 aromatic heterocycles. The van der Waals surface area contributed by atoms with Gasteiger partial charge in [0.15, 0.2) is 23.1 Å². The molecule has 0 aliphatic rings. The van der Waals surface area contributed by atoms with Crippen LogP contribution in [0.3, 0.4) is 0 Å². The molecule has 0 saturated heterocycles. The van der Waals surface area contributed by atoms with Crippen LogP contribution in [-0.2, 0) is 9.53 Å². The maximum absolute atomic E-state index is 14.6. The molecule has 162 valence electrons. The van der Waals surface area contributed by atoms with Crippen molar-refractivity contribution in [2.24, 2.45) is 0 Å². The van der Waals surface area contributed by atoms with Crippen LogP contribution in [0.1, 0.15) is 5.56 Å². The van der Waals surface area contributed by atoms with Gasteiger partial charge in [0.2, 0.25) is 0 Å². The molecule has 5 nitrogen and oxygen atoms in total. The van der Waals surface area contributed by atoms with E-state index in [1.807, 2.05) is 0 Å². The minimum Gasteiger partial charge on any atom is -0.508 e. The summed E-state index contributed by atoms with van der Waals surface area (Å²) in [4.78, 5) is 11.7. The van der Waals surface area contributed by atoms with Gasteiger partial charge in [0, 0.05) is 11.5 Å². The van der Waals surface area contributed by atoms with Gasteiger partial charge in [0.25, 0.3) is 0 Å². The molecule has 2 N–H and O–H groups in total. The molecule has 0 atom stereocenters. The van der Waals surface area contributed by atoms with E-state index >= 15 is 0 Å². The number of phenols is 2. The van der Waals surface area contributed by atoms with Gasteiger partial charge in [-0.05, 0) is 59.7 Å². The summed E-state index contributed by atoms with van der Waals surface area (Å²) in [5.74, 6) is -3.03. The van der Waals surface area contributed by atoms with E-state index in [4.69, 9.17) is 4.74 Å². The van der Waals surface area contributed by atoms with Crippen LogP contribution in [0.5, 0.6) is 23.0 Å². The number of methoxy groups -OCH3 is 1. The monoisotopic (exact) mass is 454 g/mol. The fourth-order valence-electron chi connectivity index (χ4n) is 3.03. The smallest absolute Gasteiger partial charge is 0.330 e.